The van der Waals surface area contributed by atoms with E-state index < -0.39 is 0 Å². The normalized spacial score (nSPS) is 17.0. The van der Waals surface area contributed by atoms with E-state index in [4.69, 9.17) is 0 Å². The first-order valence-electron chi connectivity index (χ1n) is 12.4. The summed E-state index contributed by atoms with van der Waals surface area (Å²) in [5.74, 6) is -1.31. The molecule has 0 saturated heterocycles. The van der Waals surface area contributed by atoms with Crippen molar-refractivity contribution >= 4 is 35.3 Å². The van der Waals surface area contributed by atoms with Crippen LogP contribution in [0.5, 0.6) is 0 Å². The van der Waals surface area contributed by atoms with Crippen molar-refractivity contribution in [2.24, 2.45) is 0 Å². The molecular formula is C33H24N2O4. The van der Waals surface area contributed by atoms with Crippen LogP contribution in [0, 0.1) is 0 Å². The third-order valence-electron chi connectivity index (χ3n) is 6.57. The predicted molar refractivity (Wildman–Crippen MR) is 149 cm³/mol. The fourth-order valence-electron chi connectivity index (χ4n) is 4.96. The van der Waals surface area contributed by atoms with Crippen molar-refractivity contribution < 1.29 is 19.2 Å². The van der Waals surface area contributed by atoms with E-state index in [0.29, 0.717) is 0 Å². The minimum atomic E-state index is -0.329. The van der Waals surface area contributed by atoms with E-state index in [9.17, 15) is 19.2 Å². The van der Waals surface area contributed by atoms with Gasteiger partial charge in [-0.1, -0.05) is 103 Å². The molecule has 4 aliphatic rings. The van der Waals surface area contributed by atoms with Crippen molar-refractivity contribution in [1.29, 1.82) is 0 Å². The topological polar surface area (TPSA) is 92.3 Å². The molecule has 6 nitrogen and oxygen atoms in total. The van der Waals surface area contributed by atoms with Crippen LogP contribution in [-0.4, -0.2) is 23.6 Å². The molecule has 0 spiro atoms. The van der Waals surface area contributed by atoms with E-state index >= 15 is 0 Å². The zero-order valence-corrected chi connectivity index (χ0v) is 20.8. The van der Waals surface area contributed by atoms with Gasteiger partial charge in [-0.2, -0.15) is 0 Å². The quantitative estimate of drug-likeness (QED) is 0.517. The van der Waals surface area contributed by atoms with E-state index in [1.54, 1.807) is 0 Å². The molecule has 0 atom stereocenters. The minimum Gasteiger partial charge on any atom is -0.289 e. The standard InChI is InChI=1S/C25H18.2C4H3NO2/c1-3-12-21(13-4-1)25(22-14-5-2-6-15-22)17-9-11-20-18-19-10-7-8-16-23(19)24(20)25;2*6-3-1-2-4(7)5-3/h1-18H;2*1-2H,(H,5,6,7). The molecule has 39 heavy (non-hydrogen) atoms. The van der Waals surface area contributed by atoms with Gasteiger partial charge in [-0.25, -0.2) is 0 Å². The Labute approximate surface area is 225 Å². The van der Waals surface area contributed by atoms with E-state index in [2.05, 4.69) is 109 Å². The molecular weight excluding hydrogens is 488 g/mol. The molecule has 3 aromatic carbocycles. The summed E-state index contributed by atoms with van der Waals surface area (Å²) in [7, 11) is 0. The molecule has 0 saturated carbocycles. The summed E-state index contributed by atoms with van der Waals surface area (Å²) in [6, 6.07) is 30.4. The minimum absolute atomic E-state index is 0.254. The number of fused-ring (bicyclic) bond motifs is 2. The maximum absolute atomic E-state index is 10.0. The van der Waals surface area contributed by atoms with Crippen molar-refractivity contribution in [3.63, 3.8) is 0 Å². The number of allylic oxidation sites excluding steroid dienone is 4. The Kier molecular flexibility index (Phi) is 7.10. The summed E-state index contributed by atoms with van der Waals surface area (Å²) in [4.78, 5) is 40.1. The maximum atomic E-state index is 10.0. The first-order chi connectivity index (χ1) is 19.0. The number of benzene rings is 3. The molecule has 0 bridgehead atoms. The molecule has 0 aromatic heterocycles. The average molecular weight is 513 g/mol. The predicted octanol–water partition coefficient (Wildman–Crippen LogP) is 2.51. The van der Waals surface area contributed by atoms with Crippen molar-refractivity contribution in [3.8, 4) is 0 Å². The van der Waals surface area contributed by atoms with Crippen LogP contribution in [0.25, 0.3) is 11.6 Å². The number of carbonyl (C=O) groups is 4. The Morgan fingerprint density at radius 3 is 1.46 bits per heavy atom. The Morgan fingerprint density at radius 2 is 1.00 bits per heavy atom. The Balaban J connectivity index is 0.000000180. The van der Waals surface area contributed by atoms with Gasteiger partial charge in [0.15, 0.2) is 0 Å². The van der Waals surface area contributed by atoms with Crippen molar-refractivity contribution in [1.82, 2.24) is 10.6 Å². The lowest BCUT2D eigenvalue weighted by Crippen LogP contribution is -2.34. The molecule has 7 rings (SSSR count). The number of rotatable bonds is 2. The van der Waals surface area contributed by atoms with E-state index in [1.165, 1.54) is 57.0 Å². The van der Waals surface area contributed by atoms with Crippen LogP contribution in [0.1, 0.15) is 11.1 Å². The van der Waals surface area contributed by atoms with Gasteiger partial charge in [0.2, 0.25) is 0 Å². The second-order valence-electron chi connectivity index (χ2n) is 9.00. The van der Waals surface area contributed by atoms with Gasteiger partial charge < -0.3 is 0 Å². The number of amides is 4. The third-order valence-corrected chi connectivity index (χ3v) is 6.57. The van der Waals surface area contributed by atoms with Gasteiger partial charge in [-0.3, -0.25) is 29.8 Å². The lowest BCUT2D eigenvalue weighted by molar-refractivity contribution is -0.125. The fourth-order valence-corrected chi connectivity index (χ4v) is 4.96. The lowest BCUT2D eigenvalue weighted by atomic mass is 9.65. The van der Waals surface area contributed by atoms with Crippen LogP contribution in [0.15, 0.2) is 133 Å². The van der Waals surface area contributed by atoms with Crippen LogP contribution in [0.4, 0.5) is 0 Å². The van der Waals surface area contributed by atoms with Crippen LogP contribution in [-0.2, 0) is 24.6 Å². The van der Waals surface area contributed by atoms with Gasteiger partial charge in [-0.05, 0) is 38.8 Å². The number of nitrogens with one attached hydrogen (secondary N) is 2. The Hall–Kier alpha value is -5.36. The third kappa shape index (κ3) is 5.22. The molecule has 3 aromatic rings. The summed E-state index contributed by atoms with van der Waals surface area (Å²) in [5, 5.41) is 6.70. The van der Waals surface area contributed by atoms with Crippen molar-refractivity contribution in [2.75, 3.05) is 0 Å². The average Bonchev–Trinajstić information content (AvgIpc) is 3.67. The van der Waals surface area contributed by atoms with Crippen LogP contribution in [0.3, 0.4) is 0 Å². The zero-order chi connectivity index (χ0) is 27.2. The molecule has 4 amide bonds. The highest BCUT2D eigenvalue weighted by Crippen LogP contribution is 2.47. The molecule has 2 heterocycles. The highest BCUT2D eigenvalue weighted by molar-refractivity contribution is 6.13. The summed E-state index contributed by atoms with van der Waals surface area (Å²) in [6.07, 6.45) is 13.9. The van der Waals surface area contributed by atoms with Crippen LogP contribution in [0.2, 0.25) is 0 Å². The van der Waals surface area contributed by atoms with Crippen molar-refractivity contribution in [2.45, 2.75) is 5.41 Å². The monoisotopic (exact) mass is 512 g/mol. The Morgan fingerprint density at radius 1 is 0.538 bits per heavy atom. The first-order valence-corrected chi connectivity index (χ1v) is 12.4. The highest BCUT2D eigenvalue weighted by atomic mass is 16.2. The molecule has 0 fully saturated rings. The summed E-state index contributed by atoms with van der Waals surface area (Å²) >= 11 is 0. The number of hydrogen-bond donors (Lipinski definition) is 2. The number of hydrogen-bond acceptors (Lipinski definition) is 4. The molecule has 190 valence electrons. The van der Waals surface area contributed by atoms with E-state index in [1.807, 2.05) is 10.6 Å². The van der Waals surface area contributed by atoms with Crippen LogP contribution >= 0.6 is 0 Å². The van der Waals surface area contributed by atoms with Gasteiger partial charge in [0.25, 0.3) is 23.6 Å². The molecule has 2 aliphatic heterocycles. The molecule has 2 N–H and O–H groups in total. The smallest absolute Gasteiger partial charge is 0.250 e. The second kappa shape index (κ2) is 10.9. The van der Waals surface area contributed by atoms with Gasteiger partial charge in [0.05, 0.1) is 5.41 Å². The molecule has 2 aliphatic carbocycles. The summed E-state index contributed by atoms with van der Waals surface area (Å²) < 4.78 is 0. The van der Waals surface area contributed by atoms with E-state index in [-0.39, 0.29) is 29.0 Å². The molecule has 0 radical (unpaired) electrons. The van der Waals surface area contributed by atoms with Crippen LogP contribution < -0.4 is 21.1 Å². The van der Waals surface area contributed by atoms with Gasteiger partial charge in [-0.15, -0.1) is 0 Å². The maximum Gasteiger partial charge on any atom is 0.250 e. The lowest BCUT2D eigenvalue weighted by Gasteiger charge is -2.36. The fraction of sp³-hybridized carbons (Fsp3) is 0.0303. The second-order valence-corrected chi connectivity index (χ2v) is 9.00. The number of imide groups is 2. The molecule has 0 unspecified atom stereocenters. The largest absolute Gasteiger partial charge is 0.289 e. The molecule has 6 heteroatoms. The SMILES string of the molecule is C1=CC(c2ccccc2)(c2ccccc2)C2=c3ccccc3=CC2=C1.O=C1C=CC(=O)N1.O=C1C=CC(=O)N1. The van der Waals surface area contributed by atoms with Gasteiger partial charge >= 0.3 is 0 Å². The Bertz CT molecular complexity index is 1600. The van der Waals surface area contributed by atoms with Gasteiger partial charge in [0, 0.05) is 24.3 Å². The number of carbonyl (C=O) groups excluding carboxylic acids is 4. The van der Waals surface area contributed by atoms with E-state index in [0.717, 1.165) is 0 Å². The van der Waals surface area contributed by atoms with Crippen molar-refractivity contribution in [3.05, 3.63) is 155 Å². The summed E-state index contributed by atoms with van der Waals surface area (Å²) in [6.45, 7) is 0. The first kappa shape index (κ1) is 25.3. The van der Waals surface area contributed by atoms with Gasteiger partial charge in [0.1, 0.15) is 0 Å². The highest BCUT2D eigenvalue weighted by Gasteiger charge is 2.39. The summed E-state index contributed by atoms with van der Waals surface area (Å²) in [5.41, 5.74) is 5.07. The zero-order valence-electron chi connectivity index (χ0n) is 20.8.